The zero-order valence-corrected chi connectivity index (χ0v) is 11.5. The van der Waals surface area contributed by atoms with Crippen LogP contribution < -0.4 is 4.90 Å². The molecule has 1 N–H and O–H groups in total. The number of amides is 1. The third kappa shape index (κ3) is 2.31. The molecule has 3 aromatic rings. The third-order valence-electron chi connectivity index (χ3n) is 3.49. The number of pyridine rings is 1. The minimum Gasteiger partial charge on any atom is -0.506 e. The van der Waals surface area contributed by atoms with Crippen molar-refractivity contribution in [1.29, 1.82) is 0 Å². The first-order valence-electron chi connectivity index (χ1n) is 6.57. The molecule has 0 atom stereocenters. The van der Waals surface area contributed by atoms with Crippen LogP contribution in [0.5, 0.6) is 5.75 Å². The van der Waals surface area contributed by atoms with E-state index >= 15 is 0 Å². The predicted molar refractivity (Wildman–Crippen MR) is 82.6 cm³/mol. The number of carbonyl (C=O) groups is 1. The highest BCUT2D eigenvalue weighted by Gasteiger charge is 2.18. The standard InChI is InChI=1S/C17H14N2O2/c1-19(13-8-10-18-11-9-13)17(21)15-7-6-12-4-2-3-5-14(12)16(15)20/h2-11,20H,1H3. The van der Waals surface area contributed by atoms with Crippen LogP contribution in [0, 0.1) is 0 Å². The summed E-state index contributed by atoms with van der Waals surface area (Å²) in [6.45, 7) is 0. The zero-order valence-electron chi connectivity index (χ0n) is 11.5. The lowest BCUT2D eigenvalue weighted by molar-refractivity contribution is 0.0990. The molecule has 0 unspecified atom stereocenters. The number of hydrogen-bond donors (Lipinski definition) is 1. The van der Waals surface area contributed by atoms with Gasteiger partial charge in [-0.2, -0.15) is 0 Å². The number of carbonyl (C=O) groups excluding carboxylic acids is 1. The van der Waals surface area contributed by atoms with Gasteiger partial charge in [0.05, 0.1) is 5.56 Å². The molecule has 0 radical (unpaired) electrons. The first kappa shape index (κ1) is 13.1. The van der Waals surface area contributed by atoms with Gasteiger partial charge in [-0.25, -0.2) is 0 Å². The van der Waals surface area contributed by atoms with Gasteiger partial charge in [-0.3, -0.25) is 9.78 Å². The van der Waals surface area contributed by atoms with E-state index in [1.54, 1.807) is 43.7 Å². The summed E-state index contributed by atoms with van der Waals surface area (Å²) in [6, 6.07) is 14.4. The number of hydrogen-bond acceptors (Lipinski definition) is 3. The summed E-state index contributed by atoms with van der Waals surface area (Å²) in [5, 5.41) is 11.9. The Hall–Kier alpha value is -2.88. The molecule has 104 valence electrons. The lowest BCUT2D eigenvalue weighted by Gasteiger charge is -2.18. The van der Waals surface area contributed by atoms with Gasteiger partial charge in [0.2, 0.25) is 0 Å². The fourth-order valence-corrected chi connectivity index (χ4v) is 2.29. The number of fused-ring (bicyclic) bond motifs is 1. The van der Waals surface area contributed by atoms with Gasteiger partial charge in [0, 0.05) is 30.5 Å². The predicted octanol–water partition coefficient (Wildman–Crippen LogP) is 3.22. The Bertz CT molecular complexity index is 800. The maximum atomic E-state index is 12.6. The van der Waals surface area contributed by atoms with Crippen LogP contribution in [-0.2, 0) is 0 Å². The quantitative estimate of drug-likeness (QED) is 0.783. The van der Waals surface area contributed by atoms with Gasteiger partial charge in [-0.1, -0.05) is 30.3 Å². The summed E-state index contributed by atoms with van der Waals surface area (Å²) in [4.78, 5) is 18.0. The van der Waals surface area contributed by atoms with E-state index in [4.69, 9.17) is 0 Å². The van der Waals surface area contributed by atoms with Gasteiger partial charge in [-0.15, -0.1) is 0 Å². The highest BCUT2D eigenvalue weighted by atomic mass is 16.3. The molecule has 1 aromatic heterocycles. The van der Waals surface area contributed by atoms with Crippen LogP contribution in [0.2, 0.25) is 0 Å². The van der Waals surface area contributed by atoms with Crippen molar-refractivity contribution in [3.8, 4) is 5.75 Å². The number of nitrogens with zero attached hydrogens (tertiary/aromatic N) is 2. The van der Waals surface area contributed by atoms with Gasteiger partial charge in [-0.05, 0) is 23.6 Å². The molecule has 4 nitrogen and oxygen atoms in total. The van der Waals surface area contributed by atoms with E-state index in [0.717, 1.165) is 11.1 Å². The average molecular weight is 278 g/mol. The molecule has 21 heavy (non-hydrogen) atoms. The van der Waals surface area contributed by atoms with Gasteiger partial charge in [0.15, 0.2) is 0 Å². The Balaban J connectivity index is 2.04. The fraction of sp³-hybridized carbons (Fsp3) is 0.0588. The number of phenols is 1. The second kappa shape index (κ2) is 5.25. The summed E-state index contributed by atoms with van der Waals surface area (Å²) in [7, 11) is 1.67. The SMILES string of the molecule is CN(C(=O)c1ccc2ccccc2c1O)c1ccncc1. The van der Waals surface area contributed by atoms with Crippen LogP contribution >= 0.6 is 0 Å². The van der Waals surface area contributed by atoms with Gasteiger partial charge < -0.3 is 10.0 Å². The van der Waals surface area contributed by atoms with E-state index in [1.165, 1.54) is 4.90 Å². The number of aromatic nitrogens is 1. The van der Waals surface area contributed by atoms with E-state index in [0.29, 0.717) is 5.39 Å². The van der Waals surface area contributed by atoms with Crippen LogP contribution in [0.3, 0.4) is 0 Å². The minimum absolute atomic E-state index is 0.0130. The molecule has 1 heterocycles. The smallest absolute Gasteiger partial charge is 0.261 e. The summed E-state index contributed by atoms with van der Waals surface area (Å²) in [5.41, 5.74) is 1.01. The monoisotopic (exact) mass is 278 g/mol. The molecule has 0 aliphatic rings. The third-order valence-corrected chi connectivity index (χ3v) is 3.49. The molecule has 3 rings (SSSR count). The Morgan fingerprint density at radius 1 is 1.05 bits per heavy atom. The van der Waals surface area contributed by atoms with E-state index in [-0.39, 0.29) is 17.2 Å². The van der Waals surface area contributed by atoms with Crippen molar-refractivity contribution in [1.82, 2.24) is 4.98 Å². The Kier molecular flexibility index (Phi) is 3.28. The second-order valence-electron chi connectivity index (χ2n) is 4.75. The molecular formula is C17H14N2O2. The Morgan fingerprint density at radius 3 is 2.52 bits per heavy atom. The summed E-state index contributed by atoms with van der Waals surface area (Å²) < 4.78 is 0. The molecule has 0 spiro atoms. The molecular weight excluding hydrogens is 264 g/mol. The lowest BCUT2D eigenvalue weighted by atomic mass is 10.0. The zero-order chi connectivity index (χ0) is 14.8. The summed E-state index contributed by atoms with van der Waals surface area (Å²) >= 11 is 0. The van der Waals surface area contributed by atoms with Crippen molar-refractivity contribution in [2.24, 2.45) is 0 Å². The van der Waals surface area contributed by atoms with Crippen LogP contribution in [0.15, 0.2) is 60.9 Å². The maximum Gasteiger partial charge on any atom is 0.261 e. The number of rotatable bonds is 2. The second-order valence-corrected chi connectivity index (χ2v) is 4.75. The van der Waals surface area contributed by atoms with E-state index in [2.05, 4.69) is 4.98 Å². The molecule has 0 fully saturated rings. The largest absolute Gasteiger partial charge is 0.506 e. The maximum absolute atomic E-state index is 12.6. The molecule has 0 bridgehead atoms. The van der Waals surface area contributed by atoms with Crippen molar-refractivity contribution >= 4 is 22.4 Å². The lowest BCUT2D eigenvalue weighted by Crippen LogP contribution is -2.26. The van der Waals surface area contributed by atoms with Crippen LogP contribution in [0.4, 0.5) is 5.69 Å². The van der Waals surface area contributed by atoms with E-state index in [1.807, 2.05) is 24.3 Å². The number of anilines is 1. The number of aromatic hydroxyl groups is 1. The molecule has 0 saturated heterocycles. The number of phenolic OH excluding ortho intramolecular Hbond substituents is 1. The highest BCUT2D eigenvalue weighted by Crippen LogP contribution is 2.30. The summed E-state index contributed by atoms with van der Waals surface area (Å²) in [6.07, 6.45) is 3.25. The molecule has 0 saturated carbocycles. The average Bonchev–Trinajstić information content (AvgIpc) is 2.55. The Morgan fingerprint density at radius 2 is 1.76 bits per heavy atom. The van der Waals surface area contributed by atoms with Crippen LogP contribution in [0.25, 0.3) is 10.8 Å². The fourth-order valence-electron chi connectivity index (χ4n) is 2.29. The molecule has 0 aliphatic heterocycles. The first-order chi connectivity index (χ1) is 10.2. The highest BCUT2D eigenvalue weighted by molar-refractivity contribution is 6.10. The van der Waals surface area contributed by atoms with Crippen LogP contribution in [-0.4, -0.2) is 23.0 Å². The normalized spacial score (nSPS) is 10.5. The molecule has 1 amide bonds. The first-order valence-corrected chi connectivity index (χ1v) is 6.57. The number of benzene rings is 2. The van der Waals surface area contributed by atoms with Crippen molar-refractivity contribution in [3.05, 3.63) is 66.5 Å². The summed E-state index contributed by atoms with van der Waals surface area (Å²) in [5.74, 6) is -0.247. The van der Waals surface area contributed by atoms with Crippen LogP contribution in [0.1, 0.15) is 10.4 Å². The Labute approximate surface area is 122 Å². The van der Waals surface area contributed by atoms with Gasteiger partial charge in [0.25, 0.3) is 5.91 Å². The topological polar surface area (TPSA) is 53.4 Å². The molecule has 2 aromatic carbocycles. The van der Waals surface area contributed by atoms with Crippen molar-refractivity contribution in [3.63, 3.8) is 0 Å². The van der Waals surface area contributed by atoms with Gasteiger partial charge in [0.1, 0.15) is 5.75 Å². The molecule has 0 aliphatic carbocycles. The molecule has 4 heteroatoms. The van der Waals surface area contributed by atoms with Crippen molar-refractivity contribution in [2.45, 2.75) is 0 Å². The van der Waals surface area contributed by atoms with Crippen molar-refractivity contribution < 1.29 is 9.90 Å². The van der Waals surface area contributed by atoms with Crippen molar-refractivity contribution in [2.75, 3.05) is 11.9 Å². The van der Waals surface area contributed by atoms with E-state index in [9.17, 15) is 9.90 Å². The van der Waals surface area contributed by atoms with Gasteiger partial charge >= 0.3 is 0 Å². The van der Waals surface area contributed by atoms with E-state index < -0.39 is 0 Å². The minimum atomic E-state index is -0.260.